The SMILES string of the molecule is Cc1nc(N2CCC(N)(C(F)(F)F)C2)sc1Cc1ccc(-n2ncn(Cc3c(F)cccc3F)c2=O)cc1F. The molecule has 1 atom stereocenters. The van der Waals surface area contributed by atoms with Crippen LogP contribution in [0.5, 0.6) is 0 Å². The normalized spacial score (nSPS) is 17.8. The van der Waals surface area contributed by atoms with Crippen LogP contribution < -0.4 is 16.3 Å². The first-order valence-corrected chi connectivity index (χ1v) is 12.6. The third-order valence-corrected chi connectivity index (χ3v) is 7.99. The summed E-state index contributed by atoms with van der Waals surface area (Å²) in [5.74, 6) is -2.25. The number of nitrogens with zero attached hydrogens (tertiary/aromatic N) is 5. The molecule has 0 aliphatic carbocycles. The number of hydrogen-bond donors (Lipinski definition) is 1. The van der Waals surface area contributed by atoms with Crippen LogP contribution in [0.4, 0.5) is 31.5 Å². The van der Waals surface area contributed by atoms with Crippen molar-refractivity contribution in [2.45, 2.75) is 38.0 Å². The zero-order valence-electron chi connectivity index (χ0n) is 20.5. The number of nitrogens with two attached hydrogens (primary N) is 1. The minimum absolute atomic E-state index is 0.108. The van der Waals surface area contributed by atoms with Crippen molar-refractivity contribution in [1.29, 1.82) is 0 Å². The highest BCUT2D eigenvalue weighted by Gasteiger charge is 2.55. The number of aryl methyl sites for hydroxylation is 1. The minimum Gasteiger partial charge on any atom is -0.346 e. The Balaban J connectivity index is 1.33. The lowest BCUT2D eigenvalue weighted by atomic mass is 10.00. The summed E-state index contributed by atoms with van der Waals surface area (Å²) >= 11 is 1.17. The number of rotatable bonds is 6. The minimum atomic E-state index is -4.53. The van der Waals surface area contributed by atoms with Gasteiger partial charge in [-0.1, -0.05) is 12.1 Å². The maximum atomic E-state index is 15.1. The van der Waals surface area contributed by atoms with E-state index in [0.29, 0.717) is 15.7 Å². The summed E-state index contributed by atoms with van der Waals surface area (Å²) in [7, 11) is 0. The second-order valence-corrected chi connectivity index (χ2v) is 10.5. The van der Waals surface area contributed by atoms with Crippen LogP contribution in [0.3, 0.4) is 0 Å². The van der Waals surface area contributed by atoms with Gasteiger partial charge in [0, 0.05) is 36.0 Å². The van der Waals surface area contributed by atoms with Crippen molar-refractivity contribution in [3.05, 3.63) is 92.4 Å². The van der Waals surface area contributed by atoms with Crippen LogP contribution in [0.2, 0.25) is 0 Å². The van der Waals surface area contributed by atoms with E-state index >= 15 is 4.39 Å². The van der Waals surface area contributed by atoms with E-state index in [-0.39, 0.29) is 36.2 Å². The van der Waals surface area contributed by atoms with E-state index in [2.05, 4.69) is 10.1 Å². The van der Waals surface area contributed by atoms with Crippen molar-refractivity contribution in [3.8, 4) is 5.69 Å². The van der Waals surface area contributed by atoms with Crippen LogP contribution in [0.1, 0.15) is 28.1 Å². The number of aromatic nitrogens is 4. The van der Waals surface area contributed by atoms with Gasteiger partial charge in [-0.2, -0.15) is 23.0 Å². The fourth-order valence-electron chi connectivity index (χ4n) is 4.40. The van der Waals surface area contributed by atoms with Crippen molar-refractivity contribution in [2.75, 3.05) is 18.0 Å². The molecule has 14 heteroatoms. The van der Waals surface area contributed by atoms with E-state index in [1.54, 1.807) is 6.92 Å². The van der Waals surface area contributed by atoms with E-state index in [1.807, 2.05) is 0 Å². The van der Waals surface area contributed by atoms with Gasteiger partial charge in [-0.3, -0.25) is 4.57 Å². The molecule has 0 amide bonds. The number of halogens is 6. The summed E-state index contributed by atoms with van der Waals surface area (Å²) in [6.07, 6.45) is -3.54. The molecule has 1 aliphatic rings. The molecular weight excluding hydrogens is 546 g/mol. The largest absolute Gasteiger partial charge is 0.408 e. The summed E-state index contributed by atoms with van der Waals surface area (Å²) in [4.78, 5) is 19.3. The van der Waals surface area contributed by atoms with Crippen molar-refractivity contribution in [2.24, 2.45) is 5.73 Å². The van der Waals surface area contributed by atoms with Gasteiger partial charge in [0.1, 0.15) is 29.3 Å². The lowest BCUT2D eigenvalue weighted by Gasteiger charge is -2.27. The van der Waals surface area contributed by atoms with Crippen LogP contribution in [-0.4, -0.2) is 44.1 Å². The monoisotopic (exact) mass is 568 g/mol. The van der Waals surface area contributed by atoms with Gasteiger partial charge in [0.2, 0.25) is 0 Å². The van der Waals surface area contributed by atoms with E-state index < -0.39 is 47.9 Å². The summed E-state index contributed by atoms with van der Waals surface area (Å²) in [6.45, 7) is 1.01. The number of thiazole rings is 1. The summed E-state index contributed by atoms with van der Waals surface area (Å²) in [6, 6.07) is 7.43. The molecule has 39 heavy (non-hydrogen) atoms. The molecule has 5 rings (SSSR count). The average molecular weight is 569 g/mol. The van der Waals surface area contributed by atoms with Gasteiger partial charge in [0.15, 0.2) is 5.13 Å². The van der Waals surface area contributed by atoms with Gasteiger partial charge >= 0.3 is 11.9 Å². The highest BCUT2D eigenvalue weighted by atomic mass is 32.1. The molecule has 2 aromatic carbocycles. The Morgan fingerprint density at radius 1 is 1.10 bits per heavy atom. The smallest absolute Gasteiger partial charge is 0.346 e. The molecule has 1 unspecified atom stereocenters. The first-order chi connectivity index (χ1) is 18.4. The van der Waals surface area contributed by atoms with E-state index in [4.69, 9.17) is 5.73 Å². The van der Waals surface area contributed by atoms with Crippen molar-refractivity contribution < 1.29 is 26.3 Å². The van der Waals surface area contributed by atoms with Crippen molar-refractivity contribution in [3.63, 3.8) is 0 Å². The molecule has 1 saturated heterocycles. The molecule has 2 aromatic heterocycles. The van der Waals surface area contributed by atoms with Crippen LogP contribution in [-0.2, 0) is 13.0 Å². The lowest BCUT2D eigenvalue weighted by molar-refractivity contribution is -0.179. The zero-order valence-corrected chi connectivity index (χ0v) is 21.3. The molecule has 2 N–H and O–H groups in total. The van der Waals surface area contributed by atoms with Gasteiger partial charge < -0.3 is 10.6 Å². The first kappa shape index (κ1) is 26.9. The maximum absolute atomic E-state index is 15.1. The molecule has 3 heterocycles. The second kappa shape index (κ2) is 9.83. The first-order valence-electron chi connectivity index (χ1n) is 11.8. The fraction of sp³-hybridized carbons (Fsp3) is 0.320. The Kier molecular flexibility index (Phi) is 6.79. The molecule has 1 fully saturated rings. The van der Waals surface area contributed by atoms with Gasteiger partial charge in [-0.25, -0.2) is 22.9 Å². The number of alkyl halides is 3. The van der Waals surface area contributed by atoms with Crippen molar-refractivity contribution in [1.82, 2.24) is 19.3 Å². The van der Waals surface area contributed by atoms with E-state index in [1.165, 1.54) is 34.4 Å². The topological polar surface area (TPSA) is 82.0 Å². The van der Waals surface area contributed by atoms with Crippen LogP contribution >= 0.6 is 11.3 Å². The second-order valence-electron chi connectivity index (χ2n) is 9.44. The molecule has 7 nitrogen and oxygen atoms in total. The standard InChI is InChI=1S/C25H22F6N6OS/c1-14-21(39-22(34-14)35-8-7-24(32,12-35)25(29,30)31)9-15-5-6-16(10-20(15)28)37-23(38)36(13-33-37)11-17-18(26)3-2-4-19(17)27/h2-6,10,13H,7-9,11-12,32H2,1H3. The lowest BCUT2D eigenvalue weighted by Crippen LogP contribution is -2.55. The fourth-order valence-corrected chi connectivity index (χ4v) is 5.51. The molecule has 0 radical (unpaired) electrons. The number of hydrogen-bond acceptors (Lipinski definition) is 6. The quantitative estimate of drug-likeness (QED) is 0.351. The van der Waals surface area contributed by atoms with Crippen LogP contribution in [0.25, 0.3) is 5.69 Å². The van der Waals surface area contributed by atoms with Gasteiger partial charge in [0.05, 0.1) is 17.9 Å². The summed E-state index contributed by atoms with van der Waals surface area (Å²) in [5.41, 5.74) is 3.21. The Morgan fingerprint density at radius 3 is 2.46 bits per heavy atom. The zero-order chi connectivity index (χ0) is 28.1. The highest BCUT2D eigenvalue weighted by molar-refractivity contribution is 7.15. The molecule has 1 aliphatic heterocycles. The predicted molar refractivity (Wildman–Crippen MR) is 133 cm³/mol. The van der Waals surface area contributed by atoms with Crippen LogP contribution in [0.15, 0.2) is 47.5 Å². The molecule has 0 saturated carbocycles. The number of benzene rings is 2. The average Bonchev–Trinajstić information content (AvgIpc) is 3.55. The van der Waals surface area contributed by atoms with Crippen molar-refractivity contribution >= 4 is 16.5 Å². The summed E-state index contributed by atoms with van der Waals surface area (Å²) in [5, 5.41) is 4.33. The van der Waals surface area contributed by atoms with Gasteiger partial charge in [-0.05, 0) is 37.1 Å². The van der Waals surface area contributed by atoms with Crippen LogP contribution in [0, 0.1) is 24.4 Å². The van der Waals surface area contributed by atoms with E-state index in [0.717, 1.165) is 33.8 Å². The molecule has 4 aromatic rings. The third kappa shape index (κ3) is 5.05. The van der Waals surface area contributed by atoms with Gasteiger partial charge in [-0.15, -0.1) is 11.3 Å². The molecule has 206 valence electrons. The number of anilines is 1. The van der Waals surface area contributed by atoms with Gasteiger partial charge in [0.25, 0.3) is 0 Å². The predicted octanol–water partition coefficient (Wildman–Crippen LogP) is 4.33. The Hall–Kier alpha value is -3.65. The molecule has 0 bridgehead atoms. The Morgan fingerprint density at radius 2 is 1.82 bits per heavy atom. The third-order valence-electron chi connectivity index (χ3n) is 6.77. The molecular formula is C25H22F6N6OS. The molecule has 0 spiro atoms. The van der Waals surface area contributed by atoms with E-state index in [9.17, 15) is 26.7 Å². The Labute approximate surface area is 222 Å². The summed E-state index contributed by atoms with van der Waals surface area (Å²) < 4.78 is 84.8. The highest BCUT2D eigenvalue weighted by Crippen LogP contribution is 2.39. The maximum Gasteiger partial charge on any atom is 0.408 e. The Bertz CT molecular complexity index is 1570.